The van der Waals surface area contributed by atoms with Crippen LogP contribution in [0.15, 0.2) is 10.9 Å². The van der Waals surface area contributed by atoms with Crippen LogP contribution in [-0.2, 0) is 11.2 Å². The van der Waals surface area contributed by atoms with Crippen LogP contribution in [0.1, 0.15) is 25.0 Å². The molecule has 0 unspecified atom stereocenters. The van der Waals surface area contributed by atoms with Gasteiger partial charge < -0.3 is 5.32 Å². The van der Waals surface area contributed by atoms with Gasteiger partial charge >= 0.3 is 0 Å². The number of amides is 1. The molecule has 0 radical (unpaired) electrons. The molecule has 76 valence electrons. The maximum atomic E-state index is 11.3. The van der Waals surface area contributed by atoms with E-state index in [-0.39, 0.29) is 5.91 Å². The Kier molecular flexibility index (Phi) is 3.14. The molecule has 0 aromatic carbocycles. The Balaban J connectivity index is 1.62. The van der Waals surface area contributed by atoms with Crippen molar-refractivity contribution >= 4 is 17.2 Å². The molecule has 1 amide bonds. The number of carbonyl (C=O) groups excluding carboxylic acids is 1. The van der Waals surface area contributed by atoms with Crippen molar-refractivity contribution < 1.29 is 4.79 Å². The molecule has 0 aliphatic heterocycles. The number of hydrogen-bond acceptors (Lipinski definition) is 3. The largest absolute Gasteiger partial charge is 0.356 e. The first-order chi connectivity index (χ1) is 6.84. The average Bonchev–Trinajstić information content (AvgIpc) is 2.87. The van der Waals surface area contributed by atoms with Gasteiger partial charge in [-0.05, 0) is 25.2 Å². The molecule has 3 nitrogen and oxygen atoms in total. The summed E-state index contributed by atoms with van der Waals surface area (Å²) in [6.07, 6.45) is 3.90. The van der Waals surface area contributed by atoms with Crippen LogP contribution in [0.2, 0.25) is 0 Å². The molecule has 4 heteroatoms. The van der Waals surface area contributed by atoms with Crippen molar-refractivity contribution in [1.82, 2.24) is 10.3 Å². The van der Waals surface area contributed by atoms with E-state index in [9.17, 15) is 4.79 Å². The first-order valence-corrected chi connectivity index (χ1v) is 5.92. The summed E-state index contributed by atoms with van der Waals surface area (Å²) in [7, 11) is 0. The summed E-state index contributed by atoms with van der Waals surface area (Å²) in [5, 5.41) is 4.94. The van der Waals surface area contributed by atoms with Crippen LogP contribution in [0.3, 0.4) is 0 Å². The zero-order valence-corrected chi connectivity index (χ0v) is 8.85. The summed E-state index contributed by atoms with van der Waals surface area (Å²) in [4.78, 5) is 15.5. The topological polar surface area (TPSA) is 42.0 Å². The zero-order chi connectivity index (χ0) is 9.80. The summed E-state index contributed by atoms with van der Waals surface area (Å²) < 4.78 is 0. The lowest BCUT2D eigenvalue weighted by atomic mass is 10.2. The Hall–Kier alpha value is -0.900. The van der Waals surface area contributed by atoms with Gasteiger partial charge in [0, 0.05) is 18.3 Å². The molecule has 1 saturated carbocycles. The first-order valence-electron chi connectivity index (χ1n) is 4.98. The summed E-state index contributed by atoms with van der Waals surface area (Å²) in [5.74, 6) is 0.920. The minimum atomic E-state index is 0.157. The average molecular weight is 210 g/mol. The molecule has 1 N–H and O–H groups in total. The van der Waals surface area contributed by atoms with E-state index in [0.717, 1.165) is 24.6 Å². The number of carbonyl (C=O) groups is 1. The van der Waals surface area contributed by atoms with Crippen LogP contribution in [-0.4, -0.2) is 17.4 Å². The van der Waals surface area contributed by atoms with Gasteiger partial charge in [-0.1, -0.05) is 0 Å². The monoisotopic (exact) mass is 210 g/mol. The third kappa shape index (κ3) is 3.10. The van der Waals surface area contributed by atoms with Crippen molar-refractivity contribution in [2.45, 2.75) is 25.7 Å². The number of rotatable bonds is 5. The minimum Gasteiger partial charge on any atom is -0.356 e. The molecule has 0 saturated heterocycles. The van der Waals surface area contributed by atoms with Crippen molar-refractivity contribution in [3.05, 3.63) is 16.6 Å². The molecule has 1 aliphatic rings. The Morgan fingerprint density at radius 1 is 1.64 bits per heavy atom. The van der Waals surface area contributed by atoms with Crippen LogP contribution in [0.5, 0.6) is 0 Å². The summed E-state index contributed by atoms with van der Waals surface area (Å²) in [6, 6.07) is 0. The maximum Gasteiger partial charge on any atom is 0.220 e. The standard InChI is InChI=1S/C10H14N2OS/c13-10(11-5-8-1-2-8)4-3-9-6-14-7-12-9/h6-8H,1-5H2,(H,11,13). The predicted octanol–water partition coefficient (Wildman–Crippen LogP) is 1.60. The Morgan fingerprint density at radius 3 is 3.14 bits per heavy atom. The molecule has 1 aliphatic carbocycles. The molecular formula is C10H14N2OS. The predicted molar refractivity (Wildman–Crippen MR) is 56.2 cm³/mol. The number of aromatic nitrogens is 1. The molecule has 14 heavy (non-hydrogen) atoms. The number of hydrogen-bond donors (Lipinski definition) is 1. The molecule has 2 rings (SSSR count). The molecule has 1 aromatic rings. The van der Waals surface area contributed by atoms with Crippen molar-refractivity contribution in [3.8, 4) is 0 Å². The number of aryl methyl sites for hydroxylation is 1. The second-order valence-corrected chi connectivity index (χ2v) is 4.45. The van der Waals surface area contributed by atoms with Gasteiger partial charge in [0.2, 0.25) is 5.91 Å². The summed E-state index contributed by atoms with van der Waals surface area (Å²) in [6.45, 7) is 0.871. The quantitative estimate of drug-likeness (QED) is 0.802. The van der Waals surface area contributed by atoms with E-state index >= 15 is 0 Å². The van der Waals surface area contributed by atoms with Gasteiger partial charge in [-0.15, -0.1) is 11.3 Å². The maximum absolute atomic E-state index is 11.3. The molecule has 1 aromatic heterocycles. The normalized spacial score (nSPS) is 15.4. The summed E-state index contributed by atoms with van der Waals surface area (Å²) >= 11 is 1.58. The highest BCUT2D eigenvalue weighted by Crippen LogP contribution is 2.27. The number of thiazole rings is 1. The third-order valence-electron chi connectivity index (χ3n) is 2.38. The molecule has 0 spiro atoms. The van der Waals surface area contributed by atoms with E-state index in [4.69, 9.17) is 0 Å². The highest BCUT2D eigenvalue weighted by Gasteiger charge is 2.21. The fraction of sp³-hybridized carbons (Fsp3) is 0.600. The summed E-state index contributed by atoms with van der Waals surface area (Å²) in [5.41, 5.74) is 2.83. The molecular weight excluding hydrogens is 196 g/mol. The zero-order valence-electron chi connectivity index (χ0n) is 8.03. The fourth-order valence-corrected chi connectivity index (χ4v) is 1.86. The third-order valence-corrected chi connectivity index (χ3v) is 3.01. The molecule has 1 heterocycles. The second kappa shape index (κ2) is 4.55. The van der Waals surface area contributed by atoms with E-state index < -0.39 is 0 Å². The van der Waals surface area contributed by atoms with E-state index in [1.165, 1.54) is 12.8 Å². The second-order valence-electron chi connectivity index (χ2n) is 3.73. The Labute approximate surface area is 87.6 Å². The van der Waals surface area contributed by atoms with E-state index in [1.807, 2.05) is 5.38 Å². The van der Waals surface area contributed by atoms with Crippen LogP contribution >= 0.6 is 11.3 Å². The van der Waals surface area contributed by atoms with Gasteiger partial charge in [-0.25, -0.2) is 4.98 Å². The SMILES string of the molecule is O=C(CCc1cscn1)NCC1CC1. The Bertz CT molecular complexity index is 293. The lowest BCUT2D eigenvalue weighted by Gasteiger charge is -2.02. The van der Waals surface area contributed by atoms with Crippen LogP contribution in [0.25, 0.3) is 0 Å². The molecule has 0 bridgehead atoms. The molecule has 1 fully saturated rings. The molecule has 0 atom stereocenters. The van der Waals surface area contributed by atoms with E-state index in [0.29, 0.717) is 6.42 Å². The fourth-order valence-electron chi connectivity index (χ4n) is 1.27. The van der Waals surface area contributed by atoms with E-state index in [1.54, 1.807) is 16.8 Å². The lowest BCUT2D eigenvalue weighted by Crippen LogP contribution is -2.25. The Morgan fingerprint density at radius 2 is 2.50 bits per heavy atom. The lowest BCUT2D eigenvalue weighted by molar-refractivity contribution is -0.121. The van der Waals surface area contributed by atoms with Gasteiger partial charge in [-0.2, -0.15) is 0 Å². The van der Waals surface area contributed by atoms with Gasteiger partial charge in [-0.3, -0.25) is 4.79 Å². The van der Waals surface area contributed by atoms with Crippen molar-refractivity contribution in [1.29, 1.82) is 0 Å². The highest BCUT2D eigenvalue weighted by molar-refractivity contribution is 7.07. The minimum absolute atomic E-state index is 0.157. The number of nitrogens with zero attached hydrogens (tertiary/aromatic N) is 1. The smallest absolute Gasteiger partial charge is 0.220 e. The van der Waals surface area contributed by atoms with Crippen molar-refractivity contribution in [3.63, 3.8) is 0 Å². The van der Waals surface area contributed by atoms with Gasteiger partial charge in [0.1, 0.15) is 0 Å². The van der Waals surface area contributed by atoms with Gasteiger partial charge in [0.25, 0.3) is 0 Å². The van der Waals surface area contributed by atoms with Crippen LogP contribution < -0.4 is 5.32 Å². The van der Waals surface area contributed by atoms with Crippen LogP contribution in [0.4, 0.5) is 0 Å². The van der Waals surface area contributed by atoms with Gasteiger partial charge in [0.05, 0.1) is 11.2 Å². The van der Waals surface area contributed by atoms with Crippen molar-refractivity contribution in [2.75, 3.05) is 6.54 Å². The first kappa shape index (κ1) is 9.65. The van der Waals surface area contributed by atoms with E-state index in [2.05, 4.69) is 10.3 Å². The van der Waals surface area contributed by atoms with Gasteiger partial charge in [0.15, 0.2) is 0 Å². The highest BCUT2D eigenvalue weighted by atomic mass is 32.1. The van der Waals surface area contributed by atoms with Crippen molar-refractivity contribution in [2.24, 2.45) is 5.92 Å². The number of nitrogens with one attached hydrogen (secondary N) is 1. The van der Waals surface area contributed by atoms with Crippen LogP contribution in [0, 0.1) is 5.92 Å².